The van der Waals surface area contributed by atoms with Crippen molar-refractivity contribution in [2.24, 2.45) is 0 Å². The molecule has 7 heteroatoms. The van der Waals surface area contributed by atoms with E-state index in [1.165, 1.54) is 24.3 Å². The van der Waals surface area contributed by atoms with Crippen molar-refractivity contribution in [1.29, 1.82) is 0 Å². The maximum atomic E-state index is 13.4. The van der Waals surface area contributed by atoms with Crippen LogP contribution >= 0.6 is 31.9 Å². The van der Waals surface area contributed by atoms with Crippen LogP contribution in [0.4, 0.5) is 10.1 Å². The van der Waals surface area contributed by atoms with E-state index in [2.05, 4.69) is 31.9 Å². The first-order chi connectivity index (χ1) is 9.31. The third-order valence-corrected chi connectivity index (χ3v) is 5.80. The summed E-state index contributed by atoms with van der Waals surface area (Å²) in [5.41, 5.74) is 6.25. The molecular weight excluding hydrogens is 413 g/mol. The van der Waals surface area contributed by atoms with E-state index in [-0.39, 0.29) is 20.8 Å². The predicted octanol–water partition coefficient (Wildman–Crippen LogP) is 3.91. The topological polar surface area (TPSA) is 60.2 Å². The van der Waals surface area contributed by atoms with E-state index >= 15 is 0 Å². The predicted molar refractivity (Wildman–Crippen MR) is 83.5 cm³/mol. The van der Waals surface area contributed by atoms with Crippen LogP contribution in [-0.4, -0.2) is 8.42 Å². The van der Waals surface area contributed by atoms with Crippen LogP contribution < -0.4 is 5.73 Å². The molecule has 106 valence electrons. The fourth-order valence-electron chi connectivity index (χ4n) is 1.74. The summed E-state index contributed by atoms with van der Waals surface area (Å²) in [6.07, 6.45) is 0. The van der Waals surface area contributed by atoms with Gasteiger partial charge in [0.25, 0.3) is 0 Å². The van der Waals surface area contributed by atoms with Crippen LogP contribution in [0.5, 0.6) is 0 Å². The molecule has 3 nitrogen and oxygen atoms in total. The van der Waals surface area contributed by atoms with E-state index < -0.39 is 15.7 Å². The first-order valence-corrected chi connectivity index (χ1v) is 8.76. The van der Waals surface area contributed by atoms with Crippen molar-refractivity contribution in [3.05, 3.63) is 56.7 Å². The van der Waals surface area contributed by atoms with Crippen LogP contribution in [0.25, 0.3) is 0 Å². The van der Waals surface area contributed by atoms with Crippen LogP contribution in [-0.2, 0) is 15.6 Å². The lowest BCUT2D eigenvalue weighted by molar-refractivity contribution is 0.594. The fraction of sp³-hybridized carbons (Fsp3) is 0.0769. The zero-order valence-electron chi connectivity index (χ0n) is 10.1. The molecule has 0 heterocycles. The Kier molecular flexibility index (Phi) is 4.51. The lowest BCUT2D eigenvalue weighted by atomic mass is 10.2. The molecule has 2 aromatic carbocycles. The molecule has 0 amide bonds. The van der Waals surface area contributed by atoms with Gasteiger partial charge in [-0.15, -0.1) is 0 Å². The summed E-state index contributed by atoms with van der Waals surface area (Å²) in [5.74, 6) is -0.821. The third kappa shape index (κ3) is 3.21. The highest BCUT2D eigenvalue weighted by molar-refractivity contribution is 9.10. The standard InChI is InChI=1S/C13H10Br2FNO2S/c14-9-4-5-12(11(17)6-9)20(18,19)7-8-2-1-3-10(16)13(8)15/h1-6H,7,17H2. The molecule has 0 aliphatic carbocycles. The van der Waals surface area contributed by atoms with Crippen LogP contribution in [0, 0.1) is 5.82 Å². The van der Waals surface area contributed by atoms with Gasteiger partial charge in [-0.1, -0.05) is 28.1 Å². The molecule has 0 unspecified atom stereocenters. The maximum Gasteiger partial charge on any atom is 0.184 e. The normalized spacial score (nSPS) is 11.6. The molecule has 0 spiro atoms. The minimum Gasteiger partial charge on any atom is -0.398 e. The summed E-state index contributed by atoms with van der Waals surface area (Å²) in [6.45, 7) is 0. The Morgan fingerprint density at radius 1 is 1.15 bits per heavy atom. The van der Waals surface area contributed by atoms with Gasteiger partial charge in [0.2, 0.25) is 0 Å². The average Bonchev–Trinajstić information content (AvgIpc) is 2.34. The summed E-state index contributed by atoms with van der Waals surface area (Å²) in [4.78, 5) is 0.0388. The van der Waals surface area contributed by atoms with E-state index in [1.807, 2.05) is 0 Å². The van der Waals surface area contributed by atoms with Gasteiger partial charge in [-0.3, -0.25) is 0 Å². The second kappa shape index (κ2) is 5.83. The molecule has 2 N–H and O–H groups in total. The highest BCUT2D eigenvalue weighted by Crippen LogP contribution is 2.28. The molecule has 2 aromatic rings. The van der Waals surface area contributed by atoms with Crippen LogP contribution in [0.3, 0.4) is 0 Å². The minimum atomic E-state index is -3.64. The Hall–Kier alpha value is -0.920. The van der Waals surface area contributed by atoms with Crippen LogP contribution in [0.1, 0.15) is 5.56 Å². The molecule has 0 radical (unpaired) electrons. The Morgan fingerprint density at radius 2 is 1.85 bits per heavy atom. The number of rotatable bonds is 3. The number of nitrogens with two attached hydrogens (primary N) is 1. The van der Waals surface area contributed by atoms with E-state index in [1.54, 1.807) is 12.1 Å². The van der Waals surface area contributed by atoms with Crippen LogP contribution in [0.15, 0.2) is 50.2 Å². The van der Waals surface area contributed by atoms with Crippen molar-refractivity contribution in [3.8, 4) is 0 Å². The molecule has 0 saturated carbocycles. The monoisotopic (exact) mass is 421 g/mol. The van der Waals surface area contributed by atoms with Gasteiger partial charge >= 0.3 is 0 Å². The number of hydrogen-bond donors (Lipinski definition) is 1. The van der Waals surface area contributed by atoms with Crippen LogP contribution in [0.2, 0.25) is 0 Å². The largest absolute Gasteiger partial charge is 0.398 e. The first kappa shape index (κ1) is 15.5. The van der Waals surface area contributed by atoms with Gasteiger partial charge in [0.05, 0.1) is 20.8 Å². The second-order valence-electron chi connectivity index (χ2n) is 4.15. The number of sulfone groups is 1. The van der Waals surface area contributed by atoms with Crippen molar-refractivity contribution in [3.63, 3.8) is 0 Å². The molecule has 0 aliphatic heterocycles. The van der Waals surface area contributed by atoms with E-state index in [4.69, 9.17) is 5.73 Å². The number of anilines is 1. The smallest absolute Gasteiger partial charge is 0.184 e. The number of nitrogen functional groups attached to an aromatic ring is 1. The number of hydrogen-bond acceptors (Lipinski definition) is 3. The molecule has 0 aromatic heterocycles. The van der Waals surface area contributed by atoms with Gasteiger partial charge in [0, 0.05) is 4.47 Å². The Balaban J connectivity index is 2.44. The molecule has 0 atom stereocenters. The van der Waals surface area contributed by atoms with Gasteiger partial charge in [0.15, 0.2) is 9.84 Å². The van der Waals surface area contributed by atoms with Crippen molar-refractivity contribution >= 4 is 47.4 Å². The van der Waals surface area contributed by atoms with E-state index in [0.29, 0.717) is 10.0 Å². The molecule has 0 bridgehead atoms. The van der Waals surface area contributed by atoms with Crippen molar-refractivity contribution in [1.82, 2.24) is 0 Å². The lowest BCUT2D eigenvalue weighted by Gasteiger charge is -2.09. The summed E-state index contributed by atoms with van der Waals surface area (Å²) >= 11 is 6.28. The highest BCUT2D eigenvalue weighted by atomic mass is 79.9. The van der Waals surface area contributed by atoms with Gasteiger partial charge < -0.3 is 5.73 Å². The number of halogens is 3. The second-order valence-corrected chi connectivity index (χ2v) is 7.82. The zero-order chi connectivity index (χ0) is 14.9. The maximum absolute atomic E-state index is 13.4. The van der Waals surface area contributed by atoms with Gasteiger partial charge in [-0.25, -0.2) is 12.8 Å². The molecule has 0 saturated heterocycles. The van der Waals surface area contributed by atoms with Crippen molar-refractivity contribution in [2.75, 3.05) is 5.73 Å². The molecule has 2 rings (SSSR count). The SMILES string of the molecule is Nc1cc(Br)ccc1S(=O)(=O)Cc1cccc(F)c1Br. The minimum absolute atomic E-state index is 0.0388. The lowest BCUT2D eigenvalue weighted by Crippen LogP contribution is -2.08. The fourth-order valence-corrected chi connectivity index (χ4v) is 4.21. The van der Waals surface area contributed by atoms with E-state index in [0.717, 1.165) is 0 Å². The molecule has 20 heavy (non-hydrogen) atoms. The molecule has 0 fully saturated rings. The third-order valence-electron chi connectivity index (χ3n) is 2.68. The van der Waals surface area contributed by atoms with Crippen molar-refractivity contribution < 1.29 is 12.8 Å². The summed E-state index contributed by atoms with van der Waals surface area (Å²) in [7, 11) is -3.64. The average molecular weight is 423 g/mol. The quantitative estimate of drug-likeness (QED) is 0.763. The summed E-state index contributed by atoms with van der Waals surface area (Å²) in [5, 5.41) is 0. The Labute approximate surface area is 133 Å². The summed E-state index contributed by atoms with van der Waals surface area (Å²) in [6, 6.07) is 8.84. The van der Waals surface area contributed by atoms with Gasteiger partial charge in [-0.05, 0) is 45.8 Å². The number of benzene rings is 2. The molecule has 0 aliphatic rings. The first-order valence-electron chi connectivity index (χ1n) is 5.52. The summed E-state index contributed by atoms with van der Waals surface area (Å²) < 4.78 is 39.0. The zero-order valence-corrected chi connectivity index (χ0v) is 14.1. The van der Waals surface area contributed by atoms with Gasteiger partial charge in [-0.2, -0.15) is 0 Å². The molecular formula is C13H10Br2FNO2S. The Morgan fingerprint density at radius 3 is 2.50 bits per heavy atom. The van der Waals surface area contributed by atoms with Crippen molar-refractivity contribution in [2.45, 2.75) is 10.6 Å². The van der Waals surface area contributed by atoms with Gasteiger partial charge in [0.1, 0.15) is 5.82 Å². The van der Waals surface area contributed by atoms with E-state index in [9.17, 15) is 12.8 Å². The highest BCUT2D eigenvalue weighted by Gasteiger charge is 2.20. The Bertz CT molecular complexity index is 763.